The average Bonchev–Trinajstić information content (AvgIpc) is 2.88. The van der Waals surface area contributed by atoms with E-state index in [9.17, 15) is 14.7 Å². The first kappa shape index (κ1) is 26.4. The van der Waals surface area contributed by atoms with Gasteiger partial charge in [0.15, 0.2) is 11.5 Å². The third-order valence-corrected chi connectivity index (χ3v) is 6.75. The molecule has 2 atom stereocenters. The van der Waals surface area contributed by atoms with E-state index < -0.39 is 12.5 Å². The summed E-state index contributed by atoms with van der Waals surface area (Å²) < 4.78 is 17.4. The predicted octanol–water partition coefficient (Wildman–Crippen LogP) is 5.33. The number of rotatable bonds is 9. The fourth-order valence-electron chi connectivity index (χ4n) is 4.73. The molecule has 8 heteroatoms. The summed E-state index contributed by atoms with van der Waals surface area (Å²) in [6.07, 6.45) is 0.611. The minimum Gasteiger partial charge on any atom is -0.496 e. The van der Waals surface area contributed by atoms with Gasteiger partial charge in [-0.1, -0.05) is 54.9 Å². The van der Waals surface area contributed by atoms with Crippen LogP contribution in [0.1, 0.15) is 35.3 Å². The van der Waals surface area contributed by atoms with Gasteiger partial charge in [-0.2, -0.15) is 0 Å². The van der Waals surface area contributed by atoms with Gasteiger partial charge in [-0.15, -0.1) is 0 Å². The van der Waals surface area contributed by atoms with Crippen LogP contribution in [-0.2, 0) is 29.0 Å². The number of carboxylic acid groups (broad SMARTS) is 1. The molecule has 0 unspecified atom stereocenters. The summed E-state index contributed by atoms with van der Waals surface area (Å²) in [6, 6.07) is 18.6. The standard InChI is InChI=1S/C29H30ClNO6/c1-18-12-22-13-19(14-25(36-3)29(22)37-28(18)20-8-10-23(30)11-9-20)15-26(32)31(17-27(33)34)16-21-6-4-5-7-24(21)35-2/h4-11,13-14,18,28H,12,15-17H2,1-3H3,(H,33,34)/t18-,28-/m1/s1. The Kier molecular flexibility index (Phi) is 8.24. The van der Waals surface area contributed by atoms with Crippen molar-refractivity contribution in [2.24, 2.45) is 5.92 Å². The number of aliphatic carboxylic acids is 1. The molecule has 0 aromatic heterocycles. The van der Waals surface area contributed by atoms with Crippen LogP contribution in [0, 0.1) is 5.92 Å². The predicted molar refractivity (Wildman–Crippen MR) is 140 cm³/mol. The molecule has 7 nitrogen and oxygen atoms in total. The van der Waals surface area contributed by atoms with Crippen LogP contribution in [0.4, 0.5) is 0 Å². The van der Waals surface area contributed by atoms with Gasteiger partial charge in [0, 0.05) is 23.0 Å². The molecule has 3 aromatic carbocycles. The van der Waals surface area contributed by atoms with Gasteiger partial charge in [0.05, 0.1) is 20.6 Å². The highest BCUT2D eigenvalue weighted by molar-refractivity contribution is 6.30. The van der Waals surface area contributed by atoms with Crippen molar-refractivity contribution in [3.63, 3.8) is 0 Å². The topological polar surface area (TPSA) is 85.3 Å². The molecule has 0 spiro atoms. The number of carbonyl (C=O) groups is 2. The van der Waals surface area contributed by atoms with E-state index in [1.165, 1.54) is 4.90 Å². The quantitative estimate of drug-likeness (QED) is 0.408. The number of fused-ring (bicyclic) bond motifs is 1. The van der Waals surface area contributed by atoms with Gasteiger partial charge in [-0.25, -0.2) is 0 Å². The molecule has 37 heavy (non-hydrogen) atoms. The Morgan fingerprint density at radius 1 is 1.05 bits per heavy atom. The number of para-hydroxylation sites is 1. The molecule has 0 saturated heterocycles. The lowest BCUT2D eigenvalue weighted by atomic mass is 9.87. The lowest BCUT2D eigenvalue weighted by Crippen LogP contribution is -2.36. The van der Waals surface area contributed by atoms with Gasteiger partial charge >= 0.3 is 5.97 Å². The van der Waals surface area contributed by atoms with Crippen molar-refractivity contribution in [1.29, 1.82) is 0 Å². The van der Waals surface area contributed by atoms with Crippen molar-refractivity contribution < 1.29 is 28.9 Å². The summed E-state index contributed by atoms with van der Waals surface area (Å²) in [7, 11) is 3.11. The number of amides is 1. The van der Waals surface area contributed by atoms with Crippen LogP contribution in [0.2, 0.25) is 5.02 Å². The number of halogens is 1. The Labute approximate surface area is 221 Å². The summed E-state index contributed by atoms with van der Waals surface area (Å²) in [5, 5.41) is 10.1. The van der Waals surface area contributed by atoms with E-state index in [0.717, 1.165) is 28.7 Å². The SMILES string of the molecule is COc1ccccc1CN(CC(=O)O)C(=O)Cc1cc2c(c(OC)c1)O[C@@H](c1ccc(Cl)cc1)[C@H](C)C2. The highest BCUT2D eigenvalue weighted by Gasteiger charge is 2.31. The maximum Gasteiger partial charge on any atom is 0.323 e. The van der Waals surface area contributed by atoms with Crippen molar-refractivity contribution in [2.45, 2.75) is 32.4 Å². The molecular weight excluding hydrogens is 494 g/mol. The summed E-state index contributed by atoms with van der Waals surface area (Å²) in [4.78, 5) is 26.1. The first-order chi connectivity index (χ1) is 17.8. The number of benzene rings is 3. The minimum absolute atomic E-state index is 0.0288. The lowest BCUT2D eigenvalue weighted by Gasteiger charge is -2.33. The number of carbonyl (C=O) groups excluding carboxylic acids is 1. The van der Waals surface area contributed by atoms with E-state index in [0.29, 0.717) is 22.3 Å². The van der Waals surface area contributed by atoms with Gasteiger partial charge < -0.3 is 24.2 Å². The van der Waals surface area contributed by atoms with Gasteiger partial charge in [-0.05, 0) is 47.4 Å². The molecule has 0 bridgehead atoms. The Balaban J connectivity index is 1.57. The molecule has 1 aliphatic rings. The number of hydrogen-bond donors (Lipinski definition) is 1. The third kappa shape index (κ3) is 6.17. The van der Waals surface area contributed by atoms with Crippen LogP contribution in [-0.4, -0.2) is 42.6 Å². The van der Waals surface area contributed by atoms with Crippen molar-refractivity contribution in [3.05, 3.63) is 87.9 Å². The fourth-order valence-corrected chi connectivity index (χ4v) is 4.86. The van der Waals surface area contributed by atoms with Gasteiger partial charge in [0.1, 0.15) is 18.4 Å². The number of nitrogens with zero attached hydrogens (tertiary/aromatic N) is 1. The fraction of sp³-hybridized carbons (Fsp3) is 0.310. The van der Waals surface area contributed by atoms with Gasteiger partial charge in [0.25, 0.3) is 0 Å². The van der Waals surface area contributed by atoms with Gasteiger partial charge in [-0.3, -0.25) is 9.59 Å². The molecule has 0 radical (unpaired) electrons. The summed E-state index contributed by atoms with van der Waals surface area (Å²) in [6.45, 7) is 1.83. The van der Waals surface area contributed by atoms with Crippen molar-refractivity contribution in [1.82, 2.24) is 4.90 Å². The van der Waals surface area contributed by atoms with Crippen LogP contribution < -0.4 is 14.2 Å². The second-order valence-corrected chi connectivity index (χ2v) is 9.63. The Morgan fingerprint density at radius 2 is 1.76 bits per heavy atom. The highest BCUT2D eigenvalue weighted by atomic mass is 35.5. The summed E-state index contributed by atoms with van der Waals surface area (Å²) in [5.74, 6) is 0.593. The first-order valence-corrected chi connectivity index (χ1v) is 12.4. The molecule has 0 aliphatic carbocycles. The van der Waals surface area contributed by atoms with Gasteiger partial charge in [0.2, 0.25) is 5.91 Å². The second kappa shape index (κ2) is 11.6. The van der Waals surface area contributed by atoms with Crippen LogP contribution in [0.15, 0.2) is 60.7 Å². The van der Waals surface area contributed by atoms with Crippen LogP contribution in [0.3, 0.4) is 0 Å². The van der Waals surface area contributed by atoms with E-state index in [2.05, 4.69) is 6.92 Å². The zero-order chi connectivity index (χ0) is 26.5. The van der Waals surface area contributed by atoms with E-state index in [-0.39, 0.29) is 30.9 Å². The minimum atomic E-state index is -1.08. The molecule has 1 N–H and O–H groups in total. The molecule has 3 aromatic rings. The van der Waals surface area contributed by atoms with E-state index in [1.54, 1.807) is 26.4 Å². The molecule has 194 valence electrons. The molecule has 1 amide bonds. The zero-order valence-electron chi connectivity index (χ0n) is 21.1. The lowest BCUT2D eigenvalue weighted by molar-refractivity contribution is -0.144. The normalized spacial score (nSPS) is 16.3. The van der Waals surface area contributed by atoms with E-state index in [1.807, 2.05) is 48.5 Å². The van der Waals surface area contributed by atoms with Crippen molar-refractivity contribution >= 4 is 23.5 Å². The molecule has 0 fully saturated rings. The third-order valence-electron chi connectivity index (χ3n) is 6.50. The maximum absolute atomic E-state index is 13.3. The zero-order valence-corrected chi connectivity index (χ0v) is 21.8. The molecular formula is C29H30ClNO6. The average molecular weight is 524 g/mol. The summed E-state index contributed by atoms with van der Waals surface area (Å²) in [5.41, 5.74) is 3.45. The molecule has 0 saturated carbocycles. The van der Waals surface area contributed by atoms with Crippen LogP contribution in [0.25, 0.3) is 0 Å². The monoisotopic (exact) mass is 523 g/mol. The molecule has 1 aliphatic heterocycles. The van der Waals surface area contributed by atoms with Crippen molar-refractivity contribution in [2.75, 3.05) is 20.8 Å². The smallest absolute Gasteiger partial charge is 0.323 e. The maximum atomic E-state index is 13.3. The summed E-state index contributed by atoms with van der Waals surface area (Å²) >= 11 is 6.05. The first-order valence-electron chi connectivity index (χ1n) is 12.0. The van der Waals surface area contributed by atoms with E-state index in [4.69, 9.17) is 25.8 Å². The van der Waals surface area contributed by atoms with Crippen LogP contribution >= 0.6 is 11.6 Å². The van der Waals surface area contributed by atoms with E-state index >= 15 is 0 Å². The number of hydrogen-bond acceptors (Lipinski definition) is 5. The number of methoxy groups -OCH3 is 2. The Hall–Kier alpha value is -3.71. The Morgan fingerprint density at radius 3 is 2.43 bits per heavy atom. The molecule has 1 heterocycles. The molecule has 4 rings (SSSR count). The van der Waals surface area contributed by atoms with Crippen molar-refractivity contribution in [3.8, 4) is 17.2 Å². The largest absolute Gasteiger partial charge is 0.496 e. The Bertz CT molecular complexity index is 1280. The highest BCUT2D eigenvalue weighted by Crippen LogP contribution is 2.44. The second-order valence-electron chi connectivity index (χ2n) is 9.19. The van der Waals surface area contributed by atoms with Crippen LogP contribution in [0.5, 0.6) is 17.2 Å². The number of ether oxygens (including phenoxy) is 3. The number of carboxylic acids is 1.